The number of carbonyl (C=O) groups is 5. The number of hydrogen-bond acceptors (Lipinski definition) is 13. The van der Waals surface area contributed by atoms with Crippen molar-refractivity contribution >= 4 is 78.7 Å². The average molecular weight is 976 g/mol. The summed E-state index contributed by atoms with van der Waals surface area (Å²) in [5.41, 5.74) is 6.17. The number of aryl methyl sites for hydroxylation is 1. The molecule has 3 aromatic heterocycles. The van der Waals surface area contributed by atoms with E-state index in [1.54, 1.807) is 29.9 Å². The smallest absolute Gasteiger partial charge is 0.355 e. The number of carbonyl (C=O) groups excluding carboxylic acids is 4. The van der Waals surface area contributed by atoms with E-state index in [-0.39, 0.29) is 42.3 Å². The molecule has 6 heterocycles. The molecule has 364 valence electrons. The number of fused-ring (bicyclic) bond motifs is 3. The molecule has 0 radical (unpaired) electrons. The number of pyridine rings is 1. The zero-order valence-electron chi connectivity index (χ0n) is 39.4. The number of imide groups is 1. The van der Waals surface area contributed by atoms with Gasteiger partial charge in [0.15, 0.2) is 10.8 Å². The van der Waals surface area contributed by atoms with Crippen LogP contribution < -0.4 is 25.6 Å². The van der Waals surface area contributed by atoms with E-state index in [9.17, 15) is 34.2 Å². The van der Waals surface area contributed by atoms with Crippen molar-refractivity contribution in [3.8, 4) is 16.9 Å². The standard InChI is InChI=1S/C53H53N9O8S/c1-31-34(35-16-18-44(56-48(35)51(67)68)62-24-20-32-8-5-10-36(39(32)29-62)49(65)58-52-55-40-11-3-4-13-43(40)71-52)9-6-12-42(31)70-27-7-21-53(69)22-25-61(26-23-53)30-46(64)54-33-14-15-37-41(28-33)60(2)59-47(37)38-17-19-45(63)57-50(38)66/h3-6,8-16,18,28,38,69H,7,17,19-27,29-30H2,1-2H3,(H,54,64)(H,67,68)(H,55,58,65)(H,57,63,66). The van der Waals surface area contributed by atoms with Gasteiger partial charge >= 0.3 is 5.97 Å². The minimum Gasteiger partial charge on any atom is -0.493 e. The third-order valence-corrected chi connectivity index (χ3v) is 14.9. The highest BCUT2D eigenvalue weighted by Crippen LogP contribution is 2.36. The highest BCUT2D eigenvalue weighted by atomic mass is 32.1. The molecule has 0 spiro atoms. The SMILES string of the molecule is Cc1c(OCCCC2(O)CCN(CC(=O)Nc3ccc4c(C5CCC(=O)NC5=O)nn(C)c4c3)CC2)cccc1-c1ccc(N2CCc3cccc(C(=O)Nc4nc5ccccc5s4)c3C2)nc1C(=O)O. The molecule has 71 heavy (non-hydrogen) atoms. The highest BCUT2D eigenvalue weighted by molar-refractivity contribution is 7.22. The highest BCUT2D eigenvalue weighted by Gasteiger charge is 2.34. The topological polar surface area (TPSA) is 221 Å². The first kappa shape index (κ1) is 47.2. The van der Waals surface area contributed by atoms with Crippen LogP contribution in [0.25, 0.3) is 32.2 Å². The second-order valence-electron chi connectivity index (χ2n) is 18.6. The predicted molar refractivity (Wildman–Crippen MR) is 270 cm³/mol. The molecule has 17 nitrogen and oxygen atoms in total. The number of anilines is 3. The van der Waals surface area contributed by atoms with Crippen molar-refractivity contribution in [3.05, 3.63) is 125 Å². The Balaban J connectivity index is 0.720. The number of ether oxygens (including phenoxy) is 1. The maximum atomic E-state index is 13.6. The van der Waals surface area contributed by atoms with Gasteiger partial charge in [0.2, 0.25) is 17.7 Å². The molecular weight excluding hydrogens is 923 g/mol. The summed E-state index contributed by atoms with van der Waals surface area (Å²) in [6.45, 7) is 4.48. The lowest BCUT2D eigenvalue weighted by Crippen LogP contribution is -2.46. The fraction of sp³-hybridized carbons (Fsp3) is 0.321. The molecule has 7 aromatic rings. The zero-order valence-corrected chi connectivity index (χ0v) is 40.2. The normalized spacial score (nSPS) is 16.9. The van der Waals surface area contributed by atoms with Gasteiger partial charge in [0.25, 0.3) is 5.91 Å². The number of para-hydroxylation sites is 1. The van der Waals surface area contributed by atoms with E-state index in [1.165, 1.54) is 11.3 Å². The number of aromatic carboxylic acids is 1. The van der Waals surface area contributed by atoms with Crippen LogP contribution in [0, 0.1) is 6.92 Å². The van der Waals surface area contributed by atoms with Gasteiger partial charge in [0.1, 0.15) is 11.6 Å². The van der Waals surface area contributed by atoms with Crippen LogP contribution in [-0.2, 0) is 34.4 Å². The first-order valence-electron chi connectivity index (χ1n) is 23.8. The monoisotopic (exact) mass is 975 g/mol. The molecule has 4 aromatic carbocycles. The van der Waals surface area contributed by atoms with Gasteiger partial charge in [0, 0.05) is 61.8 Å². The fourth-order valence-corrected chi connectivity index (χ4v) is 10.9. The number of aromatic nitrogens is 4. The lowest BCUT2D eigenvalue weighted by molar-refractivity contribution is -0.134. The molecule has 0 aliphatic carbocycles. The summed E-state index contributed by atoms with van der Waals surface area (Å²) in [7, 11) is 1.78. The number of piperidine rings is 2. The summed E-state index contributed by atoms with van der Waals surface area (Å²) in [6.07, 6.45) is 3.42. The van der Waals surface area contributed by atoms with Crippen molar-refractivity contribution in [2.75, 3.05) is 48.3 Å². The largest absolute Gasteiger partial charge is 0.493 e. The quantitative estimate of drug-likeness (QED) is 0.0538. The number of nitrogens with zero attached hydrogens (tertiary/aromatic N) is 6. The summed E-state index contributed by atoms with van der Waals surface area (Å²) >= 11 is 1.42. The Kier molecular flexibility index (Phi) is 13.1. The van der Waals surface area contributed by atoms with E-state index in [4.69, 9.17) is 9.72 Å². The van der Waals surface area contributed by atoms with Crippen molar-refractivity contribution < 1.29 is 38.9 Å². The molecule has 3 aliphatic rings. The number of aliphatic hydroxyl groups is 1. The second-order valence-corrected chi connectivity index (χ2v) is 19.6. The van der Waals surface area contributed by atoms with Crippen LogP contribution in [0.1, 0.15) is 87.7 Å². The number of carboxylic acids is 1. The second kappa shape index (κ2) is 19.7. The third-order valence-electron chi connectivity index (χ3n) is 13.9. The Hall–Kier alpha value is -7.54. The van der Waals surface area contributed by atoms with Gasteiger partial charge in [0.05, 0.1) is 46.1 Å². The van der Waals surface area contributed by atoms with Crippen LogP contribution in [0.4, 0.5) is 16.6 Å². The van der Waals surface area contributed by atoms with Crippen LogP contribution in [0.2, 0.25) is 0 Å². The van der Waals surface area contributed by atoms with E-state index in [1.807, 2.05) is 89.5 Å². The van der Waals surface area contributed by atoms with Crippen LogP contribution in [0.15, 0.2) is 91.0 Å². The summed E-state index contributed by atoms with van der Waals surface area (Å²) in [5, 5.41) is 36.2. The number of hydrogen-bond donors (Lipinski definition) is 5. The van der Waals surface area contributed by atoms with Gasteiger partial charge < -0.3 is 25.2 Å². The first-order valence-corrected chi connectivity index (χ1v) is 24.7. The minimum atomic E-state index is -1.16. The number of carboxylic acid groups (broad SMARTS) is 1. The molecule has 0 bridgehead atoms. The predicted octanol–water partition coefficient (Wildman–Crippen LogP) is 7.21. The van der Waals surface area contributed by atoms with Gasteiger partial charge in [-0.2, -0.15) is 5.10 Å². The van der Waals surface area contributed by atoms with Crippen molar-refractivity contribution in [1.29, 1.82) is 0 Å². The Bertz CT molecular complexity index is 3220. The summed E-state index contributed by atoms with van der Waals surface area (Å²) in [4.78, 5) is 77.1. The molecule has 3 aliphatic heterocycles. The average Bonchev–Trinajstić information content (AvgIpc) is 3.92. The molecule has 10 rings (SSSR count). The molecule has 2 fully saturated rings. The molecule has 18 heteroatoms. The molecule has 4 amide bonds. The number of likely N-dealkylation sites (tertiary alicyclic amines) is 1. The Morgan fingerprint density at radius 2 is 1.73 bits per heavy atom. The van der Waals surface area contributed by atoms with Crippen molar-refractivity contribution in [3.63, 3.8) is 0 Å². The van der Waals surface area contributed by atoms with Gasteiger partial charge in [-0.05, 0) is 122 Å². The molecule has 1 atom stereocenters. The lowest BCUT2D eigenvalue weighted by Gasteiger charge is -2.38. The van der Waals surface area contributed by atoms with E-state index in [2.05, 4.69) is 26.0 Å². The van der Waals surface area contributed by atoms with Gasteiger partial charge in [-0.25, -0.2) is 14.8 Å². The maximum absolute atomic E-state index is 13.6. The van der Waals surface area contributed by atoms with Crippen molar-refractivity contribution in [2.24, 2.45) is 7.05 Å². The van der Waals surface area contributed by atoms with E-state index >= 15 is 0 Å². The minimum absolute atomic E-state index is 0.0882. The van der Waals surface area contributed by atoms with E-state index in [0.717, 1.165) is 37.8 Å². The summed E-state index contributed by atoms with van der Waals surface area (Å²) in [5.74, 6) is -1.63. The molecule has 5 N–H and O–H groups in total. The number of nitrogens with one attached hydrogen (secondary N) is 3. The van der Waals surface area contributed by atoms with E-state index in [0.29, 0.717) is 116 Å². The number of amides is 4. The van der Waals surface area contributed by atoms with Gasteiger partial charge in [-0.15, -0.1) is 0 Å². The number of rotatable bonds is 14. The zero-order chi connectivity index (χ0) is 49.4. The van der Waals surface area contributed by atoms with Crippen LogP contribution in [0.5, 0.6) is 5.75 Å². The van der Waals surface area contributed by atoms with Crippen LogP contribution in [0.3, 0.4) is 0 Å². The number of benzene rings is 4. The van der Waals surface area contributed by atoms with Gasteiger partial charge in [-0.1, -0.05) is 47.7 Å². The Labute approximate surface area is 412 Å². The number of thiazole rings is 1. The van der Waals surface area contributed by atoms with Crippen LogP contribution in [-0.4, -0.2) is 103 Å². The first-order chi connectivity index (χ1) is 34.3. The molecule has 1 unspecified atom stereocenters. The third kappa shape index (κ3) is 9.95. The van der Waals surface area contributed by atoms with E-state index < -0.39 is 17.5 Å². The van der Waals surface area contributed by atoms with Crippen molar-refractivity contribution in [1.82, 2.24) is 30.0 Å². The van der Waals surface area contributed by atoms with Crippen molar-refractivity contribution in [2.45, 2.75) is 69.9 Å². The Morgan fingerprint density at radius 3 is 2.54 bits per heavy atom. The molecule has 2 saturated heterocycles. The summed E-state index contributed by atoms with van der Waals surface area (Å²) in [6, 6.07) is 28.0. The Morgan fingerprint density at radius 1 is 0.915 bits per heavy atom. The van der Waals surface area contributed by atoms with Gasteiger partial charge in [-0.3, -0.25) is 39.4 Å². The van der Waals surface area contributed by atoms with Crippen LogP contribution >= 0.6 is 11.3 Å². The maximum Gasteiger partial charge on any atom is 0.355 e. The molecule has 0 saturated carbocycles. The molecular formula is C53H53N9O8S. The summed E-state index contributed by atoms with van der Waals surface area (Å²) < 4.78 is 8.91. The fourth-order valence-electron chi connectivity index (χ4n) is 10.1. The lowest BCUT2D eigenvalue weighted by atomic mass is 9.87.